The number of likely N-dealkylation sites (N-methyl/N-ethyl adjacent to an activating group) is 1. The van der Waals surface area contributed by atoms with E-state index in [-0.39, 0.29) is 11.8 Å². The Morgan fingerprint density at radius 2 is 1.86 bits per heavy atom. The van der Waals surface area contributed by atoms with Gasteiger partial charge in [0.15, 0.2) is 0 Å². The van der Waals surface area contributed by atoms with Gasteiger partial charge in [-0.25, -0.2) is 0 Å². The summed E-state index contributed by atoms with van der Waals surface area (Å²) in [4.78, 5) is 16.8. The largest absolute Gasteiger partial charge is 0.337 e. The molecule has 0 aliphatic rings. The number of hydrogen-bond donors (Lipinski definition) is 1. The molecular formula is C17H29N3O. The number of rotatable bonds is 9. The molecule has 4 nitrogen and oxygen atoms in total. The molecule has 0 spiro atoms. The van der Waals surface area contributed by atoms with Crippen molar-refractivity contribution in [1.29, 1.82) is 0 Å². The quantitative estimate of drug-likeness (QED) is 0.756. The number of benzene rings is 1. The van der Waals surface area contributed by atoms with Crippen LogP contribution in [0.25, 0.3) is 0 Å². The topological polar surface area (TPSA) is 49.6 Å². The maximum absolute atomic E-state index is 12.7. The van der Waals surface area contributed by atoms with Crippen LogP contribution in [0.3, 0.4) is 0 Å². The molecule has 0 heterocycles. The van der Waals surface area contributed by atoms with Crippen molar-refractivity contribution in [3.8, 4) is 0 Å². The van der Waals surface area contributed by atoms with Gasteiger partial charge in [0.05, 0.1) is 5.92 Å². The molecule has 0 aliphatic heterocycles. The lowest BCUT2D eigenvalue weighted by Crippen LogP contribution is -2.41. The summed E-state index contributed by atoms with van der Waals surface area (Å²) in [6.07, 6.45) is 1.85. The Morgan fingerprint density at radius 1 is 1.19 bits per heavy atom. The summed E-state index contributed by atoms with van der Waals surface area (Å²) >= 11 is 0. The zero-order chi connectivity index (χ0) is 15.7. The predicted molar refractivity (Wildman–Crippen MR) is 87.9 cm³/mol. The number of hydrogen-bond acceptors (Lipinski definition) is 3. The highest BCUT2D eigenvalue weighted by Gasteiger charge is 2.22. The van der Waals surface area contributed by atoms with E-state index in [1.807, 2.05) is 37.2 Å². The summed E-state index contributed by atoms with van der Waals surface area (Å²) in [5.74, 6) is 0.130. The number of nitrogens with two attached hydrogens (primary N) is 1. The van der Waals surface area contributed by atoms with Gasteiger partial charge in [0.25, 0.3) is 0 Å². The van der Waals surface area contributed by atoms with Gasteiger partial charge >= 0.3 is 0 Å². The van der Waals surface area contributed by atoms with E-state index in [1.165, 1.54) is 0 Å². The normalized spacial score (nSPS) is 12.4. The van der Waals surface area contributed by atoms with E-state index in [0.717, 1.165) is 31.5 Å². The van der Waals surface area contributed by atoms with E-state index in [1.54, 1.807) is 0 Å². The van der Waals surface area contributed by atoms with Gasteiger partial charge in [-0.15, -0.1) is 0 Å². The molecule has 4 heteroatoms. The van der Waals surface area contributed by atoms with Gasteiger partial charge in [0, 0.05) is 26.2 Å². The Bertz CT molecular complexity index is 406. The number of carbonyl (C=O) groups excluding carboxylic acids is 1. The molecule has 21 heavy (non-hydrogen) atoms. The molecule has 0 bridgehead atoms. The molecule has 1 aromatic rings. The van der Waals surface area contributed by atoms with E-state index in [2.05, 4.69) is 24.0 Å². The number of carbonyl (C=O) groups is 1. The summed E-state index contributed by atoms with van der Waals surface area (Å²) in [6, 6.07) is 10.1. The minimum absolute atomic E-state index is 0.0547. The maximum Gasteiger partial charge on any atom is 0.227 e. The van der Waals surface area contributed by atoms with Crippen molar-refractivity contribution < 1.29 is 4.79 Å². The zero-order valence-corrected chi connectivity index (χ0v) is 13.6. The molecule has 1 amide bonds. The average molecular weight is 291 g/mol. The fraction of sp³-hybridized carbons (Fsp3) is 0.588. The molecule has 0 aliphatic carbocycles. The summed E-state index contributed by atoms with van der Waals surface area (Å²) < 4.78 is 0. The monoisotopic (exact) mass is 291 g/mol. The van der Waals surface area contributed by atoms with Gasteiger partial charge in [0.2, 0.25) is 5.91 Å². The van der Waals surface area contributed by atoms with Crippen LogP contribution in [0.15, 0.2) is 30.3 Å². The van der Waals surface area contributed by atoms with E-state index in [0.29, 0.717) is 13.1 Å². The Hall–Kier alpha value is -1.39. The van der Waals surface area contributed by atoms with Gasteiger partial charge in [-0.1, -0.05) is 43.7 Å². The molecule has 1 unspecified atom stereocenters. The molecular weight excluding hydrogens is 262 g/mol. The predicted octanol–water partition coefficient (Wildman–Crippen LogP) is 1.95. The van der Waals surface area contributed by atoms with Crippen LogP contribution in [0.5, 0.6) is 0 Å². The molecule has 0 radical (unpaired) electrons. The van der Waals surface area contributed by atoms with Crippen molar-refractivity contribution >= 4 is 5.91 Å². The van der Waals surface area contributed by atoms with Crippen LogP contribution in [-0.2, 0) is 11.3 Å². The second kappa shape index (κ2) is 9.53. The molecule has 0 aromatic heterocycles. The van der Waals surface area contributed by atoms with Crippen LogP contribution in [0, 0.1) is 5.92 Å². The summed E-state index contributed by atoms with van der Waals surface area (Å²) in [6.45, 7) is 4.79. The molecule has 0 fully saturated rings. The first-order valence-corrected chi connectivity index (χ1v) is 7.76. The molecule has 0 saturated carbocycles. The third-order valence-electron chi connectivity index (χ3n) is 3.62. The van der Waals surface area contributed by atoms with Crippen molar-refractivity contribution in [2.75, 3.05) is 33.7 Å². The first kappa shape index (κ1) is 17.7. The Labute approximate surface area is 128 Å². The van der Waals surface area contributed by atoms with E-state index in [4.69, 9.17) is 5.73 Å². The number of amides is 1. The third-order valence-corrected chi connectivity index (χ3v) is 3.62. The van der Waals surface area contributed by atoms with E-state index in [9.17, 15) is 4.79 Å². The van der Waals surface area contributed by atoms with Crippen LogP contribution >= 0.6 is 0 Å². The fourth-order valence-corrected chi connectivity index (χ4v) is 2.34. The van der Waals surface area contributed by atoms with Gasteiger partial charge in [-0.05, 0) is 26.1 Å². The zero-order valence-electron chi connectivity index (χ0n) is 13.6. The summed E-state index contributed by atoms with van der Waals surface area (Å²) in [5, 5.41) is 0. The third kappa shape index (κ3) is 6.27. The van der Waals surface area contributed by atoms with Crippen molar-refractivity contribution in [2.24, 2.45) is 11.7 Å². The van der Waals surface area contributed by atoms with Gasteiger partial charge < -0.3 is 15.5 Å². The highest BCUT2D eigenvalue weighted by atomic mass is 16.2. The van der Waals surface area contributed by atoms with E-state index >= 15 is 0 Å². The fourth-order valence-electron chi connectivity index (χ4n) is 2.34. The van der Waals surface area contributed by atoms with Crippen molar-refractivity contribution in [1.82, 2.24) is 9.80 Å². The standard InChI is InChI=1S/C17H29N3O/c1-4-8-16(13-18)17(21)20(12-11-19(2)3)14-15-9-6-5-7-10-15/h5-7,9-10,16H,4,8,11-14,18H2,1-3H3. The Morgan fingerprint density at radius 3 is 2.38 bits per heavy atom. The van der Waals surface area contributed by atoms with Crippen molar-refractivity contribution in [3.63, 3.8) is 0 Å². The summed E-state index contributed by atoms with van der Waals surface area (Å²) in [7, 11) is 4.05. The van der Waals surface area contributed by atoms with Crippen LogP contribution in [-0.4, -0.2) is 49.4 Å². The second-order valence-electron chi connectivity index (χ2n) is 5.77. The van der Waals surface area contributed by atoms with Gasteiger partial charge in [0.1, 0.15) is 0 Å². The average Bonchev–Trinajstić information content (AvgIpc) is 2.49. The van der Waals surface area contributed by atoms with Crippen LogP contribution in [0.2, 0.25) is 0 Å². The minimum atomic E-state index is -0.0547. The van der Waals surface area contributed by atoms with Crippen LogP contribution in [0.4, 0.5) is 0 Å². The molecule has 1 atom stereocenters. The lowest BCUT2D eigenvalue weighted by atomic mass is 10.0. The highest BCUT2D eigenvalue weighted by Crippen LogP contribution is 2.13. The molecule has 2 N–H and O–H groups in total. The molecule has 1 rings (SSSR count). The smallest absolute Gasteiger partial charge is 0.227 e. The molecule has 1 aromatic carbocycles. The first-order chi connectivity index (χ1) is 10.1. The second-order valence-corrected chi connectivity index (χ2v) is 5.77. The SMILES string of the molecule is CCCC(CN)C(=O)N(CCN(C)C)Cc1ccccc1. The lowest BCUT2D eigenvalue weighted by Gasteiger charge is -2.28. The van der Waals surface area contributed by atoms with Crippen LogP contribution in [0.1, 0.15) is 25.3 Å². The minimum Gasteiger partial charge on any atom is -0.337 e. The van der Waals surface area contributed by atoms with Crippen molar-refractivity contribution in [3.05, 3.63) is 35.9 Å². The van der Waals surface area contributed by atoms with E-state index < -0.39 is 0 Å². The molecule has 118 valence electrons. The Balaban J connectivity index is 2.77. The maximum atomic E-state index is 12.7. The highest BCUT2D eigenvalue weighted by molar-refractivity contribution is 5.79. The van der Waals surface area contributed by atoms with Gasteiger partial charge in [-0.2, -0.15) is 0 Å². The molecule has 0 saturated heterocycles. The summed E-state index contributed by atoms with van der Waals surface area (Å²) in [5.41, 5.74) is 6.95. The number of nitrogens with zero attached hydrogens (tertiary/aromatic N) is 2. The van der Waals surface area contributed by atoms with Crippen molar-refractivity contribution in [2.45, 2.75) is 26.3 Å². The Kier molecular flexibility index (Phi) is 8.01. The lowest BCUT2D eigenvalue weighted by molar-refractivity contribution is -0.136. The van der Waals surface area contributed by atoms with Crippen LogP contribution < -0.4 is 5.73 Å². The first-order valence-electron chi connectivity index (χ1n) is 7.76. The van der Waals surface area contributed by atoms with Gasteiger partial charge in [-0.3, -0.25) is 4.79 Å².